The number of hydrogen-bond donors (Lipinski definition) is 2. The Morgan fingerprint density at radius 2 is 1.11 bits per heavy atom. The molecule has 5 aliphatic rings. The van der Waals surface area contributed by atoms with Crippen molar-refractivity contribution in [3.8, 4) is 0 Å². The Labute approximate surface area is 219 Å². The van der Waals surface area contributed by atoms with Crippen LogP contribution in [-0.2, 0) is 0 Å². The van der Waals surface area contributed by atoms with Gasteiger partial charge in [0.05, 0.1) is 0 Å². The molecular formula is C30H52N4O2. The number of carbonyl (C=O) groups excluding carboxylic acids is 2. The summed E-state index contributed by atoms with van der Waals surface area (Å²) in [4.78, 5) is 30.6. The lowest BCUT2D eigenvalue weighted by atomic mass is 9.65. The summed E-state index contributed by atoms with van der Waals surface area (Å²) in [6.45, 7) is 17.5. The maximum atomic E-state index is 13.1. The van der Waals surface area contributed by atoms with Crippen molar-refractivity contribution in [3.05, 3.63) is 0 Å². The van der Waals surface area contributed by atoms with Gasteiger partial charge in [0.15, 0.2) is 0 Å². The molecular weight excluding hydrogens is 448 g/mol. The van der Waals surface area contributed by atoms with Gasteiger partial charge in [-0.3, -0.25) is 0 Å². The highest BCUT2D eigenvalue weighted by molar-refractivity contribution is 5.75. The van der Waals surface area contributed by atoms with Crippen molar-refractivity contribution < 1.29 is 9.59 Å². The summed E-state index contributed by atoms with van der Waals surface area (Å²) in [6.07, 6.45) is 11.6. The van der Waals surface area contributed by atoms with Crippen LogP contribution < -0.4 is 10.6 Å². The van der Waals surface area contributed by atoms with Crippen LogP contribution in [0.1, 0.15) is 106 Å². The third kappa shape index (κ3) is 5.53. The number of rotatable bonds is 4. The number of carbonyl (C=O) groups is 2. The van der Waals surface area contributed by atoms with Gasteiger partial charge in [-0.05, 0) is 91.3 Å². The first-order valence-corrected chi connectivity index (χ1v) is 14.8. The zero-order chi connectivity index (χ0) is 25.9. The number of nitrogens with zero attached hydrogens (tertiary/aromatic N) is 2. The number of fused-ring (bicyclic) bond motifs is 4. The van der Waals surface area contributed by atoms with Crippen LogP contribution in [0.4, 0.5) is 9.59 Å². The van der Waals surface area contributed by atoms with Gasteiger partial charge in [-0.15, -0.1) is 0 Å². The van der Waals surface area contributed by atoms with Gasteiger partial charge < -0.3 is 20.4 Å². The molecule has 3 saturated carbocycles. The van der Waals surface area contributed by atoms with Crippen LogP contribution in [0.2, 0.25) is 0 Å². The Balaban J connectivity index is 1.07. The summed E-state index contributed by atoms with van der Waals surface area (Å²) in [7, 11) is 0. The fraction of sp³-hybridized carbons (Fsp3) is 0.933. The molecule has 5 rings (SSSR count). The molecule has 0 aromatic carbocycles. The highest BCUT2D eigenvalue weighted by Gasteiger charge is 2.52. The Hall–Kier alpha value is -1.46. The number of urea groups is 2. The van der Waals surface area contributed by atoms with Gasteiger partial charge in [-0.2, -0.15) is 0 Å². The van der Waals surface area contributed by atoms with Crippen LogP contribution in [0.3, 0.4) is 0 Å². The first kappa shape index (κ1) is 26.2. The number of hydrogen-bond acceptors (Lipinski definition) is 2. The molecule has 36 heavy (non-hydrogen) atoms. The molecule has 0 spiro atoms. The first-order chi connectivity index (χ1) is 16.7. The van der Waals surface area contributed by atoms with Crippen LogP contribution in [-0.4, -0.2) is 60.1 Å². The molecule has 0 unspecified atom stereocenters. The van der Waals surface area contributed by atoms with E-state index in [2.05, 4.69) is 62.0 Å². The van der Waals surface area contributed by atoms with Crippen LogP contribution in [0.5, 0.6) is 0 Å². The van der Waals surface area contributed by atoms with E-state index in [4.69, 9.17) is 0 Å². The molecule has 4 amide bonds. The molecule has 6 nitrogen and oxygen atoms in total. The van der Waals surface area contributed by atoms with E-state index < -0.39 is 0 Å². The van der Waals surface area contributed by atoms with Crippen molar-refractivity contribution in [2.45, 2.75) is 118 Å². The minimum atomic E-state index is 0.147. The summed E-state index contributed by atoms with van der Waals surface area (Å²) in [5.41, 5.74) is 1.21. The molecule has 6 heteroatoms. The second-order valence-electron chi connectivity index (χ2n) is 16.0. The van der Waals surface area contributed by atoms with E-state index in [1.54, 1.807) is 0 Å². The summed E-state index contributed by atoms with van der Waals surface area (Å²) in [6, 6.07) is 1.08. The Morgan fingerprint density at radius 3 is 1.53 bits per heavy atom. The normalized spacial score (nSPS) is 40.7. The maximum absolute atomic E-state index is 13.1. The molecule has 3 aliphatic carbocycles. The van der Waals surface area contributed by atoms with Crippen molar-refractivity contribution in [1.82, 2.24) is 20.4 Å². The Morgan fingerprint density at radius 1 is 0.694 bits per heavy atom. The van der Waals surface area contributed by atoms with Gasteiger partial charge in [-0.25, -0.2) is 9.59 Å². The quantitative estimate of drug-likeness (QED) is 0.496. The van der Waals surface area contributed by atoms with Crippen molar-refractivity contribution >= 4 is 12.1 Å². The van der Waals surface area contributed by atoms with Gasteiger partial charge in [0.2, 0.25) is 0 Å². The van der Waals surface area contributed by atoms with Crippen molar-refractivity contribution in [3.63, 3.8) is 0 Å². The fourth-order valence-corrected chi connectivity index (χ4v) is 9.83. The van der Waals surface area contributed by atoms with E-state index in [0.29, 0.717) is 34.7 Å². The van der Waals surface area contributed by atoms with E-state index in [1.807, 2.05) is 0 Å². The van der Waals surface area contributed by atoms with E-state index in [9.17, 15) is 9.59 Å². The van der Waals surface area contributed by atoms with E-state index in [0.717, 1.165) is 58.3 Å². The average Bonchev–Trinajstić information content (AvgIpc) is 3.16. The van der Waals surface area contributed by atoms with Gasteiger partial charge in [0, 0.05) is 38.3 Å². The molecule has 0 radical (unpaired) electrons. The van der Waals surface area contributed by atoms with Crippen molar-refractivity contribution in [1.29, 1.82) is 0 Å². The van der Waals surface area contributed by atoms with Crippen molar-refractivity contribution in [2.24, 2.45) is 33.5 Å². The van der Waals surface area contributed by atoms with Crippen molar-refractivity contribution in [2.75, 3.05) is 26.2 Å². The third-order valence-corrected chi connectivity index (χ3v) is 10.3. The Kier molecular flexibility index (Phi) is 6.60. The molecule has 2 saturated heterocycles. The highest BCUT2D eigenvalue weighted by Crippen LogP contribution is 2.53. The van der Waals surface area contributed by atoms with Crippen LogP contribution in [0.15, 0.2) is 0 Å². The topological polar surface area (TPSA) is 64.7 Å². The summed E-state index contributed by atoms with van der Waals surface area (Å²) < 4.78 is 0. The zero-order valence-corrected chi connectivity index (χ0v) is 23.9. The van der Waals surface area contributed by atoms with E-state index in [1.165, 1.54) is 32.1 Å². The van der Waals surface area contributed by atoms with Crippen LogP contribution >= 0.6 is 0 Å². The maximum Gasteiger partial charge on any atom is 0.317 e. The van der Waals surface area contributed by atoms with Gasteiger partial charge in [-0.1, -0.05) is 48.0 Å². The molecule has 2 heterocycles. The lowest BCUT2D eigenvalue weighted by Crippen LogP contribution is -2.46. The van der Waals surface area contributed by atoms with Gasteiger partial charge >= 0.3 is 12.1 Å². The summed E-state index contributed by atoms with van der Waals surface area (Å²) >= 11 is 0. The van der Waals surface area contributed by atoms with Crippen LogP contribution in [0, 0.1) is 33.5 Å². The fourth-order valence-electron chi connectivity index (χ4n) is 9.83. The molecule has 5 fully saturated rings. The SMILES string of the molecule is CC1(C)C[C@H]2C[C@@](C)(CN2C(=O)NC[C@@H]2CCC[C@@H](CNC(=O)N3C[C@@]4(C)C[C@H]3CC(C)(C)C4)C2)C1. The van der Waals surface area contributed by atoms with E-state index >= 15 is 0 Å². The molecule has 0 aromatic rings. The highest BCUT2D eigenvalue weighted by atomic mass is 16.2. The number of nitrogens with one attached hydrogen (secondary N) is 2. The molecule has 204 valence electrons. The summed E-state index contributed by atoms with van der Waals surface area (Å²) in [5.74, 6) is 1.04. The Bertz CT molecular complexity index is 803. The largest absolute Gasteiger partial charge is 0.338 e. The second kappa shape index (κ2) is 9.08. The minimum absolute atomic E-state index is 0.147. The predicted octanol–water partition coefficient (Wildman–Crippen LogP) is 6.01. The lowest BCUT2D eigenvalue weighted by Gasteiger charge is -2.39. The minimum Gasteiger partial charge on any atom is -0.338 e. The van der Waals surface area contributed by atoms with E-state index in [-0.39, 0.29) is 22.9 Å². The molecule has 6 atom stereocenters. The van der Waals surface area contributed by atoms with Gasteiger partial charge in [0.1, 0.15) is 0 Å². The zero-order valence-electron chi connectivity index (χ0n) is 23.9. The smallest absolute Gasteiger partial charge is 0.317 e. The molecule has 2 N–H and O–H groups in total. The molecule has 2 aliphatic heterocycles. The molecule has 4 bridgehead atoms. The summed E-state index contributed by atoms with van der Waals surface area (Å²) in [5, 5.41) is 6.62. The number of likely N-dealkylation sites (tertiary alicyclic amines) is 2. The standard InChI is InChI=1S/C30H52N4O2/c1-27(2)11-23-13-29(5,17-27)19-33(23)25(35)31-15-21-8-7-9-22(10-21)16-32-26(36)34-20-30(6)14-24(34)12-28(3,4)18-30/h21-24H,7-20H2,1-6H3,(H,31,35)(H,32,36)/t21-,22-,23-,24+,29+,30-/m1/s1. The average molecular weight is 501 g/mol. The second-order valence-corrected chi connectivity index (χ2v) is 16.0. The molecule has 0 aromatic heterocycles. The predicted molar refractivity (Wildman–Crippen MR) is 145 cm³/mol. The lowest BCUT2D eigenvalue weighted by molar-refractivity contribution is 0.128. The van der Waals surface area contributed by atoms with Crippen LogP contribution in [0.25, 0.3) is 0 Å². The third-order valence-electron chi connectivity index (χ3n) is 10.3. The van der Waals surface area contributed by atoms with Gasteiger partial charge in [0.25, 0.3) is 0 Å². The number of amides is 4. The first-order valence-electron chi connectivity index (χ1n) is 14.8. The monoisotopic (exact) mass is 500 g/mol.